The molecule has 0 atom stereocenters. The first-order chi connectivity index (χ1) is 18.0. The Bertz CT molecular complexity index is 1460. The van der Waals surface area contributed by atoms with E-state index in [9.17, 15) is 4.79 Å². The highest BCUT2D eigenvalue weighted by atomic mass is 35.5. The van der Waals surface area contributed by atoms with Crippen LogP contribution in [0.5, 0.6) is 17.2 Å². The highest BCUT2D eigenvalue weighted by Crippen LogP contribution is 2.32. The van der Waals surface area contributed by atoms with Gasteiger partial charge in [0, 0.05) is 18.0 Å². The van der Waals surface area contributed by atoms with Crippen LogP contribution in [-0.2, 0) is 4.79 Å². The Morgan fingerprint density at radius 1 is 1.05 bits per heavy atom. The maximum absolute atomic E-state index is 12.7. The van der Waals surface area contributed by atoms with Gasteiger partial charge in [-0.25, -0.2) is 0 Å². The van der Waals surface area contributed by atoms with Crippen molar-refractivity contribution in [2.24, 2.45) is 10.1 Å². The number of amides is 1. The van der Waals surface area contributed by atoms with Crippen LogP contribution < -0.4 is 14.2 Å². The van der Waals surface area contributed by atoms with Gasteiger partial charge in [-0.2, -0.15) is 15.1 Å². The van der Waals surface area contributed by atoms with Crippen LogP contribution in [0.2, 0.25) is 5.02 Å². The Hall–Kier alpha value is -4.15. The van der Waals surface area contributed by atoms with Crippen LogP contribution >= 0.6 is 23.4 Å². The largest absolute Gasteiger partial charge is 0.493 e. The molecule has 0 saturated heterocycles. The molecule has 0 spiro atoms. The van der Waals surface area contributed by atoms with Gasteiger partial charge in [0.1, 0.15) is 24.0 Å². The number of hydrogen-bond acceptors (Lipinski definition) is 8. The monoisotopic (exact) mass is 533 g/mol. The minimum Gasteiger partial charge on any atom is -0.493 e. The van der Waals surface area contributed by atoms with Gasteiger partial charge in [0.15, 0.2) is 17.3 Å². The number of pyridine rings is 1. The Morgan fingerprint density at radius 2 is 1.84 bits per heavy atom. The molecule has 1 aromatic heterocycles. The van der Waals surface area contributed by atoms with Gasteiger partial charge < -0.3 is 14.2 Å². The van der Waals surface area contributed by atoms with E-state index >= 15 is 0 Å². The number of thioether (sulfide) groups is 1. The zero-order valence-electron chi connectivity index (χ0n) is 19.6. The highest BCUT2D eigenvalue weighted by Gasteiger charge is 2.36. The molecule has 0 fully saturated rings. The predicted octanol–water partition coefficient (Wildman–Crippen LogP) is 4.87. The minimum absolute atomic E-state index is 0.0636. The molecule has 5 rings (SSSR count). The smallest absolute Gasteiger partial charge is 0.283 e. The topological polar surface area (TPSA) is 109 Å². The molecule has 186 valence electrons. The van der Waals surface area contributed by atoms with Gasteiger partial charge >= 0.3 is 0 Å². The maximum Gasteiger partial charge on any atom is 0.283 e. The first-order valence-corrected chi connectivity index (χ1v) is 12.3. The van der Waals surface area contributed by atoms with Gasteiger partial charge in [-0.05, 0) is 59.8 Å². The number of halogens is 1. The van der Waals surface area contributed by atoms with Crippen molar-refractivity contribution in [3.63, 3.8) is 0 Å². The number of aliphatic imine (C=N–C) groups is 1. The van der Waals surface area contributed by atoms with Crippen LogP contribution in [-0.4, -0.2) is 52.3 Å². The number of ether oxygens (including phenoxy) is 3. The fourth-order valence-corrected chi connectivity index (χ4v) is 4.65. The summed E-state index contributed by atoms with van der Waals surface area (Å²) in [7, 11) is 1.58. The summed E-state index contributed by atoms with van der Waals surface area (Å²) in [6.07, 6.45) is 4.90. The number of hydrogen-bond donors (Lipinski definition) is 1. The average molecular weight is 534 g/mol. The number of hydrazone groups is 1. The van der Waals surface area contributed by atoms with Crippen molar-refractivity contribution >= 4 is 51.4 Å². The first-order valence-electron chi connectivity index (χ1n) is 11.1. The number of aromatic nitrogens is 1. The van der Waals surface area contributed by atoms with Gasteiger partial charge in [0.2, 0.25) is 5.17 Å². The van der Waals surface area contributed by atoms with Crippen molar-refractivity contribution in [1.29, 1.82) is 5.41 Å². The lowest BCUT2D eigenvalue weighted by Gasteiger charge is -2.20. The van der Waals surface area contributed by atoms with Crippen molar-refractivity contribution in [1.82, 2.24) is 9.99 Å². The molecular formula is C26H20ClN5O4S. The average Bonchev–Trinajstić information content (AvgIpc) is 3.35. The van der Waals surface area contributed by atoms with Gasteiger partial charge in [0.05, 0.1) is 17.7 Å². The van der Waals surface area contributed by atoms with Crippen LogP contribution in [0.25, 0.3) is 6.08 Å². The second kappa shape index (κ2) is 10.9. The third-order valence-electron chi connectivity index (χ3n) is 5.30. The molecule has 0 unspecified atom stereocenters. The summed E-state index contributed by atoms with van der Waals surface area (Å²) in [6, 6.07) is 16.1. The molecule has 0 radical (unpaired) electrons. The summed E-state index contributed by atoms with van der Waals surface area (Å²) < 4.78 is 16.7. The lowest BCUT2D eigenvalue weighted by molar-refractivity contribution is -0.114. The second-order valence-corrected chi connectivity index (χ2v) is 9.07. The SMILES string of the molecule is COc1ccccc1OCCOc1ccc(C=C2C(=N)N3N=C(c4cccnc4)SC3=NC2=O)cc1Cl. The molecule has 37 heavy (non-hydrogen) atoms. The second-order valence-electron chi connectivity index (χ2n) is 7.70. The Morgan fingerprint density at radius 3 is 2.57 bits per heavy atom. The van der Waals surface area contributed by atoms with Crippen molar-refractivity contribution in [3.05, 3.63) is 88.7 Å². The summed E-state index contributed by atoms with van der Waals surface area (Å²) in [5, 5.41) is 15.7. The zero-order chi connectivity index (χ0) is 25.8. The molecular weight excluding hydrogens is 514 g/mol. The molecule has 3 heterocycles. The summed E-state index contributed by atoms with van der Waals surface area (Å²) in [5.74, 6) is 1.16. The van der Waals surface area contributed by atoms with E-state index in [1.54, 1.807) is 49.8 Å². The number of carbonyl (C=O) groups excluding carboxylic acids is 1. The number of nitrogens with zero attached hydrogens (tertiary/aromatic N) is 4. The fourth-order valence-electron chi connectivity index (χ4n) is 3.53. The van der Waals surface area contributed by atoms with E-state index < -0.39 is 5.91 Å². The van der Waals surface area contributed by atoms with Gasteiger partial charge in [-0.1, -0.05) is 29.8 Å². The van der Waals surface area contributed by atoms with E-state index in [1.165, 1.54) is 16.8 Å². The number of methoxy groups -OCH3 is 1. The maximum atomic E-state index is 12.7. The number of nitrogens with one attached hydrogen (secondary N) is 1. The molecule has 3 aromatic rings. The standard InChI is InChI=1S/C26H20ClN5O4S/c1-34-21-6-2-3-7-22(21)36-12-11-35-20-9-8-16(14-19(20)27)13-18-23(28)32-26(30-24(18)33)37-25(31-32)17-5-4-10-29-15-17/h2-10,13-15,28H,11-12H2,1H3. The van der Waals surface area contributed by atoms with Crippen molar-refractivity contribution in [3.8, 4) is 17.2 Å². The lowest BCUT2D eigenvalue weighted by Crippen LogP contribution is -2.35. The highest BCUT2D eigenvalue weighted by molar-refractivity contribution is 8.27. The Balaban J connectivity index is 1.25. The Kier molecular flexibility index (Phi) is 7.20. The number of rotatable bonds is 8. The van der Waals surface area contributed by atoms with E-state index in [0.717, 1.165) is 5.56 Å². The number of para-hydroxylation sites is 2. The van der Waals surface area contributed by atoms with Crippen LogP contribution in [0.15, 0.2) is 82.7 Å². The predicted molar refractivity (Wildman–Crippen MR) is 144 cm³/mol. The van der Waals surface area contributed by atoms with Gasteiger partial charge in [-0.15, -0.1) is 0 Å². The summed E-state index contributed by atoms with van der Waals surface area (Å²) >= 11 is 7.64. The third-order valence-corrected chi connectivity index (χ3v) is 6.55. The van der Waals surface area contributed by atoms with Crippen molar-refractivity contribution in [2.75, 3.05) is 20.3 Å². The molecule has 9 nitrogen and oxygen atoms in total. The lowest BCUT2D eigenvalue weighted by atomic mass is 10.1. The number of amidine groups is 2. The van der Waals surface area contributed by atoms with E-state index in [1.807, 2.05) is 30.3 Å². The minimum atomic E-state index is -0.517. The molecule has 0 bridgehead atoms. The Labute approximate surface area is 221 Å². The first kappa shape index (κ1) is 24.5. The quantitative estimate of drug-likeness (QED) is 0.325. The third kappa shape index (κ3) is 5.35. The van der Waals surface area contributed by atoms with E-state index in [4.69, 9.17) is 31.2 Å². The molecule has 1 amide bonds. The van der Waals surface area contributed by atoms with Gasteiger partial charge in [-0.3, -0.25) is 15.2 Å². The normalized spacial score (nSPS) is 15.8. The van der Waals surface area contributed by atoms with Crippen molar-refractivity contribution in [2.45, 2.75) is 0 Å². The van der Waals surface area contributed by atoms with E-state index in [-0.39, 0.29) is 18.0 Å². The fraction of sp³-hybridized carbons (Fsp3) is 0.115. The number of carbonyl (C=O) groups is 1. The molecule has 2 aromatic carbocycles. The summed E-state index contributed by atoms with van der Waals surface area (Å²) in [5.41, 5.74) is 1.51. The molecule has 2 aliphatic heterocycles. The molecule has 0 saturated carbocycles. The summed E-state index contributed by atoms with van der Waals surface area (Å²) in [6.45, 7) is 0.562. The van der Waals surface area contributed by atoms with E-state index in [2.05, 4.69) is 15.1 Å². The molecule has 11 heteroatoms. The van der Waals surface area contributed by atoms with Crippen molar-refractivity contribution < 1.29 is 19.0 Å². The van der Waals surface area contributed by atoms with Gasteiger partial charge in [0.25, 0.3) is 5.91 Å². The number of benzene rings is 2. The van der Waals surface area contributed by atoms with Crippen LogP contribution in [0.4, 0.5) is 0 Å². The van der Waals surface area contributed by atoms with Crippen LogP contribution in [0, 0.1) is 5.41 Å². The zero-order valence-corrected chi connectivity index (χ0v) is 21.1. The molecule has 2 aliphatic rings. The molecule has 0 aliphatic carbocycles. The van der Waals surface area contributed by atoms with Crippen LogP contribution in [0.1, 0.15) is 11.1 Å². The van der Waals surface area contributed by atoms with E-state index in [0.29, 0.717) is 44.7 Å². The summed E-state index contributed by atoms with van der Waals surface area (Å²) in [4.78, 5) is 20.9. The number of fused-ring (bicyclic) bond motifs is 1. The molecule has 1 N–H and O–H groups in total. The van der Waals surface area contributed by atoms with Crippen LogP contribution in [0.3, 0.4) is 0 Å².